The highest BCUT2D eigenvalue weighted by Gasteiger charge is 2.33. The van der Waals surface area contributed by atoms with Crippen molar-refractivity contribution in [1.29, 1.82) is 0 Å². The average molecular weight is 260 g/mol. The quantitative estimate of drug-likeness (QED) is 0.720. The molecule has 0 aromatic carbocycles. The van der Waals surface area contributed by atoms with Crippen LogP contribution in [0.25, 0.3) is 0 Å². The van der Waals surface area contributed by atoms with Crippen LogP contribution in [-0.4, -0.2) is 37.9 Å². The summed E-state index contributed by atoms with van der Waals surface area (Å²) in [6.45, 7) is 0. The summed E-state index contributed by atoms with van der Waals surface area (Å²) in [6.07, 6.45) is 4.38. The first-order valence-electron chi connectivity index (χ1n) is 6.24. The smallest absolute Gasteiger partial charge is 0.224 e. The third kappa shape index (κ3) is 3.19. The first kappa shape index (κ1) is 12.8. The van der Waals surface area contributed by atoms with Crippen LogP contribution in [0, 0.1) is 5.92 Å². The normalized spacial score (nSPS) is 36.6. The number of hydrogen-bond acceptors (Lipinski definition) is 4. The van der Waals surface area contributed by atoms with Crippen molar-refractivity contribution in [2.75, 3.05) is 11.5 Å². The number of rotatable bonds is 2. The van der Waals surface area contributed by atoms with Crippen molar-refractivity contribution in [3.63, 3.8) is 0 Å². The van der Waals surface area contributed by atoms with E-state index >= 15 is 0 Å². The third-order valence-electron chi connectivity index (χ3n) is 3.74. The molecule has 0 aromatic rings. The molecule has 0 radical (unpaired) electrons. The topological polar surface area (TPSA) is 89.3 Å². The SMILES string of the molecule is NC1CCCCC1C(=O)NC1CCS(=O)(=O)C1. The lowest BCUT2D eigenvalue weighted by atomic mass is 9.84. The van der Waals surface area contributed by atoms with Gasteiger partial charge >= 0.3 is 0 Å². The number of nitrogens with one attached hydrogen (secondary N) is 1. The van der Waals surface area contributed by atoms with E-state index in [0.717, 1.165) is 25.7 Å². The Morgan fingerprint density at radius 3 is 2.47 bits per heavy atom. The molecule has 3 unspecified atom stereocenters. The van der Waals surface area contributed by atoms with Crippen LogP contribution in [0.3, 0.4) is 0 Å². The molecule has 1 saturated heterocycles. The number of amides is 1. The van der Waals surface area contributed by atoms with Crippen LogP contribution in [0.4, 0.5) is 0 Å². The van der Waals surface area contributed by atoms with Gasteiger partial charge in [0.25, 0.3) is 0 Å². The highest BCUT2D eigenvalue weighted by Crippen LogP contribution is 2.23. The number of sulfone groups is 1. The standard InChI is InChI=1S/C11H20N2O3S/c12-10-4-2-1-3-9(10)11(14)13-8-5-6-17(15,16)7-8/h8-10H,1-7,12H2,(H,13,14). The van der Waals surface area contributed by atoms with Crippen LogP contribution in [0.2, 0.25) is 0 Å². The summed E-state index contributed by atoms with van der Waals surface area (Å²) in [5, 5.41) is 2.84. The van der Waals surface area contributed by atoms with Crippen molar-refractivity contribution < 1.29 is 13.2 Å². The van der Waals surface area contributed by atoms with Crippen LogP contribution >= 0.6 is 0 Å². The number of carbonyl (C=O) groups excluding carboxylic acids is 1. The second-order valence-corrected chi connectivity index (χ2v) is 7.39. The van der Waals surface area contributed by atoms with E-state index in [-0.39, 0.29) is 35.4 Å². The summed E-state index contributed by atoms with van der Waals surface area (Å²) in [4.78, 5) is 12.0. The number of carbonyl (C=O) groups is 1. The van der Waals surface area contributed by atoms with Gasteiger partial charge in [-0.3, -0.25) is 4.79 Å². The summed E-state index contributed by atoms with van der Waals surface area (Å²) in [7, 11) is -2.93. The minimum absolute atomic E-state index is 0.0562. The van der Waals surface area contributed by atoms with Gasteiger partial charge in [0.05, 0.1) is 17.4 Å². The van der Waals surface area contributed by atoms with E-state index < -0.39 is 9.84 Å². The number of nitrogens with two attached hydrogens (primary N) is 1. The van der Waals surface area contributed by atoms with E-state index in [4.69, 9.17) is 5.73 Å². The van der Waals surface area contributed by atoms with Crippen LogP contribution in [0.15, 0.2) is 0 Å². The van der Waals surface area contributed by atoms with E-state index in [1.807, 2.05) is 0 Å². The van der Waals surface area contributed by atoms with Gasteiger partial charge in [-0.15, -0.1) is 0 Å². The Hall–Kier alpha value is -0.620. The van der Waals surface area contributed by atoms with E-state index in [9.17, 15) is 13.2 Å². The second kappa shape index (κ2) is 4.94. The molecule has 5 nitrogen and oxygen atoms in total. The van der Waals surface area contributed by atoms with Gasteiger partial charge in [-0.1, -0.05) is 12.8 Å². The molecule has 17 heavy (non-hydrogen) atoms. The van der Waals surface area contributed by atoms with Gasteiger partial charge < -0.3 is 11.1 Å². The van der Waals surface area contributed by atoms with Gasteiger partial charge in [-0.25, -0.2) is 8.42 Å². The van der Waals surface area contributed by atoms with Crippen molar-refractivity contribution in [2.24, 2.45) is 11.7 Å². The van der Waals surface area contributed by atoms with E-state index in [1.54, 1.807) is 0 Å². The van der Waals surface area contributed by atoms with E-state index in [1.165, 1.54) is 0 Å². The average Bonchev–Trinajstić information content (AvgIpc) is 2.58. The fourth-order valence-electron chi connectivity index (χ4n) is 2.70. The Morgan fingerprint density at radius 2 is 1.88 bits per heavy atom. The second-order valence-electron chi connectivity index (χ2n) is 5.16. The van der Waals surface area contributed by atoms with Crippen LogP contribution in [0.1, 0.15) is 32.1 Å². The summed E-state index contributed by atoms with van der Waals surface area (Å²) in [5.74, 6) is 0.0846. The lowest BCUT2D eigenvalue weighted by Gasteiger charge is -2.28. The van der Waals surface area contributed by atoms with Gasteiger partial charge in [0.2, 0.25) is 5.91 Å². The lowest BCUT2D eigenvalue weighted by Crippen LogP contribution is -2.47. The molecule has 1 amide bonds. The molecule has 1 aliphatic heterocycles. The molecule has 98 valence electrons. The first-order chi connectivity index (χ1) is 7.98. The summed E-state index contributed by atoms with van der Waals surface area (Å²) >= 11 is 0. The van der Waals surface area contributed by atoms with Gasteiger partial charge in [0.1, 0.15) is 0 Å². The Labute approximate surface area is 102 Å². The first-order valence-corrected chi connectivity index (χ1v) is 8.06. The summed E-state index contributed by atoms with van der Waals surface area (Å²) < 4.78 is 22.6. The molecule has 0 spiro atoms. The molecule has 1 saturated carbocycles. The predicted molar refractivity (Wildman–Crippen MR) is 65.1 cm³/mol. The Balaban J connectivity index is 1.89. The highest BCUT2D eigenvalue weighted by atomic mass is 32.2. The van der Waals surface area contributed by atoms with Crippen molar-refractivity contribution in [1.82, 2.24) is 5.32 Å². The maximum Gasteiger partial charge on any atom is 0.224 e. The predicted octanol–water partition coefficient (Wildman–Crippen LogP) is -0.193. The van der Waals surface area contributed by atoms with Gasteiger partial charge in [-0.2, -0.15) is 0 Å². The molecule has 2 fully saturated rings. The zero-order valence-electron chi connectivity index (χ0n) is 9.89. The van der Waals surface area contributed by atoms with E-state index in [0.29, 0.717) is 6.42 Å². The molecule has 0 aromatic heterocycles. The summed E-state index contributed by atoms with van der Waals surface area (Å²) in [6, 6.07) is -0.275. The Bertz CT molecular complexity index is 394. The zero-order chi connectivity index (χ0) is 12.5. The lowest BCUT2D eigenvalue weighted by molar-refractivity contribution is -0.127. The van der Waals surface area contributed by atoms with Gasteiger partial charge in [0, 0.05) is 12.1 Å². The zero-order valence-corrected chi connectivity index (χ0v) is 10.7. The number of hydrogen-bond donors (Lipinski definition) is 2. The van der Waals surface area contributed by atoms with Crippen molar-refractivity contribution in [3.05, 3.63) is 0 Å². The minimum atomic E-state index is -2.93. The van der Waals surface area contributed by atoms with Crippen LogP contribution in [-0.2, 0) is 14.6 Å². The molecule has 1 heterocycles. The van der Waals surface area contributed by atoms with Crippen molar-refractivity contribution in [3.8, 4) is 0 Å². The molecular formula is C11H20N2O3S. The van der Waals surface area contributed by atoms with Crippen LogP contribution < -0.4 is 11.1 Å². The minimum Gasteiger partial charge on any atom is -0.352 e. The molecule has 6 heteroatoms. The molecule has 0 bridgehead atoms. The molecule has 3 atom stereocenters. The maximum atomic E-state index is 12.0. The molecule has 2 aliphatic rings. The van der Waals surface area contributed by atoms with Crippen LogP contribution in [0.5, 0.6) is 0 Å². The van der Waals surface area contributed by atoms with Crippen molar-refractivity contribution >= 4 is 15.7 Å². The Morgan fingerprint density at radius 1 is 1.18 bits per heavy atom. The van der Waals surface area contributed by atoms with E-state index in [2.05, 4.69) is 5.32 Å². The molecule has 3 N–H and O–H groups in total. The molecule has 1 aliphatic carbocycles. The maximum absolute atomic E-state index is 12.0. The highest BCUT2D eigenvalue weighted by molar-refractivity contribution is 7.91. The largest absolute Gasteiger partial charge is 0.352 e. The Kier molecular flexibility index (Phi) is 3.73. The molecular weight excluding hydrogens is 240 g/mol. The van der Waals surface area contributed by atoms with Crippen molar-refractivity contribution in [2.45, 2.75) is 44.2 Å². The fourth-order valence-corrected chi connectivity index (χ4v) is 4.38. The van der Waals surface area contributed by atoms with Gasteiger partial charge in [-0.05, 0) is 19.3 Å². The summed E-state index contributed by atoms with van der Waals surface area (Å²) in [5.41, 5.74) is 5.93. The monoisotopic (exact) mass is 260 g/mol. The fraction of sp³-hybridized carbons (Fsp3) is 0.909. The van der Waals surface area contributed by atoms with Gasteiger partial charge in [0.15, 0.2) is 9.84 Å². The third-order valence-corrected chi connectivity index (χ3v) is 5.50. The molecule has 2 rings (SSSR count).